The summed E-state index contributed by atoms with van der Waals surface area (Å²) in [5.41, 5.74) is 19.7. The first-order valence-corrected chi connectivity index (χ1v) is 20.8. The zero-order valence-electron chi connectivity index (χ0n) is 33.4. The summed E-state index contributed by atoms with van der Waals surface area (Å²) in [6.45, 7) is 4.72. The number of rotatable bonds is 7. The van der Waals surface area contributed by atoms with Gasteiger partial charge in [-0.1, -0.05) is 159 Å². The van der Waals surface area contributed by atoms with Crippen LogP contribution in [0.4, 0.5) is 17.1 Å². The molecule has 11 rings (SSSR count). The Hall–Kier alpha value is -7.16. The molecule has 0 bridgehead atoms. The summed E-state index contributed by atoms with van der Waals surface area (Å²) in [7, 11) is 0. The lowest BCUT2D eigenvalue weighted by Crippen LogP contribution is -2.16. The molecule has 2 heteroatoms. The molecular weight excluding hydrogens is 713 g/mol. The molecule has 0 saturated heterocycles. The van der Waals surface area contributed by atoms with Crippen molar-refractivity contribution in [3.63, 3.8) is 0 Å². The van der Waals surface area contributed by atoms with Crippen LogP contribution in [0, 0.1) is 0 Å². The van der Waals surface area contributed by atoms with Crippen LogP contribution in [0.3, 0.4) is 0 Å². The van der Waals surface area contributed by atoms with Crippen LogP contribution in [0.15, 0.2) is 206 Å². The summed E-state index contributed by atoms with van der Waals surface area (Å²) in [5.74, 6) is 0. The van der Waals surface area contributed by atoms with Crippen molar-refractivity contribution in [2.75, 3.05) is 4.90 Å². The number of nitrogens with zero attached hydrogens (tertiary/aromatic N) is 2. The van der Waals surface area contributed by atoms with E-state index in [-0.39, 0.29) is 5.41 Å². The lowest BCUT2D eigenvalue weighted by molar-refractivity contribution is 0.660. The van der Waals surface area contributed by atoms with Crippen LogP contribution in [-0.4, -0.2) is 4.57 Å². The maximum atomic E-state index is 2.47. The van der Waals surface area contributed by atoms with Crippen LogP contribution in [0.1, 0.15) is 37.8 Å². The number of allylic oxidation sites excluding steroid dienone is 4. The van der Waals surface area contributed by atoms with Gasteiger partial charge in [0.2, 0.25) is 0 Å². The molecule has 2 aliphatic carbocycles. The number of benzene rings is 8. The predicted molar refractivity (Wildman–Crippen MR) is 251 cm³/mol. The van der Waals surface area contributed by atoms with Gasteiger partial charge in [0, 0.05) is 38.9 Å². The molecule has 2 aliphatic rings. The molecule has 0 radical (unpaired) electrons. The molecule has 2 nitrogen and oxygen atoms in total. The fraction of sp³-hybridized carbons (Fsp3) is 0.0877. The van der Waals surface area contributed by atoms with E-state index in [0.717, 1.165) is 29.9 Å². The van der Waals surface area contributed by atoms with Crippen LogP contribution in [-0.2, 0) is 5.41 Å². The molecule has 282 valence electrons. The third-order valence-electron chi connectivity index (χ3n) is 12.7. The quantitative estimate of drug-likeness (QED) is 0.157. The molecule has 0 fully saturated rings. The largest absolute Gasteiger partial charge is 0.313 e. The van der Waals surface area contributed by atoms with E-state index in [1.807, 2.05) is 0 Å². The highest BCUT2D eigenvalue weighted by atomic mass is 15.1. The van der Waals surface area contributed by atoms with Crippen molar-refractivity contribution >= 4 is 44.6 Å². The summed E-state index contributed by atoms with van der Waals surface area (Å²) in [5, 5.41) is 2.56. The summed E-state index contributed by atoms with van der Waals surface area (Å²) in [4.78, 5) is 2.44. The van der Waals surface area contributed by atoms with Gasteiger partial charge < -0.3 is 9.47 Å². The molecule has 0 unspecified atom stereocenters. The SMILES string of the molecule is CC1(C)c2ccccc2-c2ccc(N(c3ccc(-c4ccccc4)cc3)c3ccc(-c4ccc5c(c4)c4ccccc4n5C4=CC=CCC4)c(-c4ccccc4)c3)cc21. The molecule has 0 atom stereocenters. The van der Waals surface area contributed by atoms with E-state index in [2.05, 4.69) is 230 Å². The van der Waals surface area contributed by atoms with Gasteiger partial charge in [0.25, 0.3) is 0 Å². The molecular formula is C57H44N2. The second kappa shape index (κ2) is 14.0. The van der Waals surface area contributed by atoms with Crippen molar-refractivity contribution in [2.45, 2.75) is 32.1 Å². The van der Waals surface area contributed by atoms with Crippen LogP contribution in [0.25, 0.3) is 72.0 Å². The molecule has 0 amide bonds. The molecule has 0 N–H and O–H groups in total. The van der Waals surface area contributed by atoms with Gasteiger partial charge in [-0.2, -0.15) is 0 Å². The second-order valence-electron chi connectivity index (χ2n) is 16.5. The predicted octanol–water partition coefficient (Wildman–Crippen LogP) is 15.8. The first-order valence-electron chi connectivity index (χ1n) is 20.8. The number of hydrogen-bond acceptors (Lipinski definition) is 1. The zero-order valence-corrected chi connectivity index (χ0v) is 33.4. The van der Waals surface area contributed by atoms with Crippen molar-refractivity contribution in [3.8, 4) is 44.5 Å². The highest BCUT2D eigenvalue weighted by molar-refractivity contribution is 6.11. The van der Waals surface area contributed by atoms with E-state index >= 15 is 0 Å². The standard InChI is InChI=1S/C57H44N2/c1-57(2)53-24-14-12-22-48(53)49-34-32-46(38-54(49)57)58(44-29-26-40(27-30-44)39-16-6-3-7-17-39)45-31-33-47(51(37-45)41-18-8-4-9-19-41)42-28-35-56-52(36-42)50-23-13-15-25-55(50)59(56)43-20-10-5-11-21-43/h3-10,12-20,22-38H,11,21H2,1-2H3. The van der Waals surface area contributed by atoms with Gasteiger partial charge in [0.05, 0.1) is 11.0 Å². The average Bonchev–Trinajstić information content (AvgIpc) is 3.75. The lowest BCUT2D eigenvalue weighted by Gasteiger charge is -2.29. The fourth-order valence-corrected chi connectivity index (χ4v) is 9.72. The Morgan fingerprint density at radius 3 is 1.83 bits per heavy atom. The van der Waals surface area contributed by atoms with E-state index in [0.29, 0.717) is 0 Å². The Kier molecular flexibility index (Phi) is 8.34. The third kappa shape index (κ3) is 5.86. The van der Waals surface area contributed by atoms with Gasteiger partial charge in [0.15, 0.2) is 0 Å². The van der Waals surface area contributed by atoms with Crippen molar-refractivity contribution < 1.29 is 0 Å². The van der Waals surface area contributed by atoms with Crippen LogP contribution in [0.2, 0.25) is 0 Å². The van der Waals surface area contributed by atoms with Crippen molar-refractivity contribution in [1.29, 1.82) is 0 Å². The van der Waals surface area contributed by atoms with E-state index in [1.165, 1.54) is 83.1 Å². The van der Waals surface area contributed by atoms with E-state index in [1.54, 1.807) is 0 Å². The van der Waals surface area contributed by atoms with Crippen molar-refractivity contribution in [2.24, 2.45) is 0 Å². The van der Waals surface area contributed by atoms with E-state index in [9.17, 15) is 0 Å². The summed E-state index contributed by atoms with van der Waals surface area (Å²) < 4.78 is 2.47. The Morgan fingerprint density at radius 2 is 1.05 bits per heavy atom. The Bertz CT molecular complexity index is 3110. The molecule has 9 aromatic rings. The Morgan fingerprint density at radius 1 is 0.441 bits per heavy atom. The molecule has 0 saturated carbocycles. The maximum absolute atomic E-state index is 2.47. The van der Waals surface area contributed by atoms with Crippen LogP contribution < -0.4 is 4.90 Å². The minimum Gasteiger partial charge on any atom is -0.313 e. The number of para-hydroxylation sites is 1. The molecule has 0 spiro atoms. The maximum Gasteiger partial charge on any atom is 0.0538 e. The first kappa shape index (κ1) is 35.0. The lowest BCUT2D eigenvalue weighted by atomic mass is 9.82. The zero-order chi connectivity index (χ0) is 39.5. The van der Waals surface area contributed by atoms with Crippen LogP contribution in [0.5, 0.6) is 0 Å². The first-order chi connectivity index (χ1) is 29.0. The summed E-state index contributed by atoms with van der Waals surface area (Å²) >= 11 is 0. The minimum absolute atomic E-state index is 0.115. The van der Waals surface area contributed by atoms with Gasteiger partial charge >= 0.3 is 0 Å². The van der Waals surface area contributed by atoms with Crippen molar-refractivity contribution in [1.82, 2.24) is 4.57 Å². The van der Waals surface area contributed by atoms with Gasteiger partial charge in [-0.15, -0.1) is 0 Å². The molecule has 0 aliphatic heterocycles. The van der Waals surface area contributed by atoms with Gasteiger partial charge in [-0.25, -0.2) is 0 Å². The summed E-state index contributed by atoms with van der Waals surface area (Å²) in [6.07, 6.45) is 8.83. The van der Waals surface area contributed by atoms with Gasteiger partial charge in [-0.05, 0) is 129 Å². The number of anilines is 3. The fourth-order valence-electron chi connectivity index (χ4n) is 9.72. The van der Waals surface area contributed by atoms with E-state index < -0.39 is 0 Å². The van der Waals surface area contributed by atoms with Crippen LogP contribution >= 0.6 is 0 Å². The normalized spacial score (nSPS) is 14.0. The van der Waals surface area contributed by atoms with Gasteiger partial charge in [-0.3, -0.25) is 0 Å². The molecule has 59 heavy (non-hydrogen) atoms. The number of fused-ring (bicyclic) bond motifs is 6. The monoisotopic (exact) mass is 756 g/mol. The average molecular weight is 757 g/mol. The third-order valence-corrected chi connectivity index (χ3v) is 12.7. The van der Waals surface area contributed by atoms with Crippen molar-refractivity contribution in [3.05, 3.63) is 217 Å². The Labute approximate surface area is 346 Å². The second-order valence-corrected chi connectivity index (χ2v) is 16.5. The van der Waals surface area contributed by atoms with Gasteiger partial charge in [0.1, 0.15) is 0 Å². The highest BCUT2D eigenvalue weighted by Crippen LogP contribution is 2.51. The highest BCUT2D eigenvalue weighted by Gasteiger charge is 2.35. The van der Waals surface area contributed by atoms with E-state index in [4.69, 9.17) is 0 Å². The Balaban J connectivity index is 1.09. The number of aromatic nitrogens is 1. The number of hydrogen-bond donors (Lipinski definition) is 0. The minimum atomic E-state index is -0.115. The molecule has 1 aromatic heterocycles. The topological polar surface area (TPSA) is 8.17 Å². The summed E-state index contributed by atoms with van der Waals surface area (Å²) in [6, 6.07) is 69.5. The molecule has 1 heterocycles. The smallest absolute Gasteiger partial charge is 0.0538 e. The molecule has 8 aromatic carbocycles.